The largest absolute Gasteiger partial charge is 0.455 e. The first-order valence-electron chi connectivity index (χ1n) is 10.8. The number of imide groups is 1. The summed E-state index contributed by atoms with van der Waals surface area (Å²) in [7, 11) is 1.84. The van der Waals surface area contributed by atoms with Crippen LogP contribution >= 0.6 is 0 Å². The van der Waals surface area contributed by atoms with Crippen molar-refractivity contribution in [2.24, 2.45) is 13.0 Å². The molecular formula is C23H26N6O4. The number of anilines is 1. The summed E-state index contributed by atoms with van der Waals surface area (Å²) < 4.78 is 13.0. The lowest BCUT2D eigenvalue weighted by atomic mass is 9.96. The van der Waals surface area contributed by atoms with Gasteiger partial charge in [0.05, 0.1) is 17.6 Å². The Morgan fingerprint density at radius 3 is 2.79 bits per heavy atom. The molecule has 172 valence electrons. The summed E-state index contributed by atoms with van der Waals surface area (Å²) in [5, 5.41) is 9.11. The van der Waals surface area contributed by atoms with Crippen molar-refractivity contribution in [2.75, 3.05) is 18.5 Å². The van der Waals surface area contributed by atoms with Crippen LogP contribution < -0.4 is 15.4 Å². The van der Waals surface area contributed by atoms with Crippen molar-refractivity contribution in [1.82, 2.24) is 25.1 Å². The number of hydrogen-bond acceptors (Lipinski definition) is 7. The molecule has 33 heavy (non-hydrogen) atoms. The number of rotatable bonds is 6. The summed E-state index contributed by atoms with van der Waals surface area (Å²) >= 11 is 0. The van der Waals surface area contributed by atoms with Gasteiger partial charge in [-0.1, -0.05) is 0 Å². The molecule has 10 nitrogen and oxygen atoms in total. The molecule has 0 saturated carbocycles. The maximum absolute atomic E-state index is 12.2. The first-order chi connectivity index (χ1) is 16.0. The molecule has 0 unspecified atom stereocenters. The van der Waals surface area contributed by atoms with Crippen LogP contribution in [0.2, 0.25) is 0 Å². The Hall–Kier alpha value is -3.79. The number of aryl methyl sites for hydroxylation is 2. The van der Waals surface area contributed by atoms with Gasteiger partial charge < -0.3 is 9.47 Å². The lowest BCUT2D eigenvalue weighted by Gasteiger charge is -2.21. The molecule has 3 aromatic rings. The lowest BCUT2D eigenvalue weighted by Crippen LogP contribution is -2.36. The van der Waals surface area contributed by atoms with Gasteiger partial charge in [0.1, 0.15) is 17.3 Å². The van der Waals surface area contributed by atoms with Crippen LogP contribution in [0.1, 0.15) is 25.0 Å². The number of amides is 3. The number of carbonyl (C=O) groups is 2. The third-order valence-corrected chi connectivity index (χ3v) is 5.31. The number of hydrogen-bond donors (Lipinski definition) is 2. The average molecular weight is 450 g/mol. The van der Waals surface area contributed by atoms with Crippen LogP contribution in [0.25, 0.3) is 11.3 Å². The van der Waals surface area contributed by atoms with E-state index in [0.717, 1.165) is 24.1 Å². The van der Waals surface area contributed by atoms with Gasteiger partial charge in [-0.15, -0.1) is 0 Å². The minimum Gasteiger partial charge on any atom is -0.455 e. The summed E-state index contributed by atoms with van der Waals surface area (Å²) in [6, 6.07) is 6.30. The zero-order valence-corrected chi connectivity index (χ0v) is 18.6. The maximum atomic E-state index is 12.2. The van der Waals surface area contributed by atoms with Gasteiger partial charge in [-0.2, -0.15) is 5.10 Å². The molecule has 0 aliphatic carbocycles. The number of ether oxygens (including phenoxy) is 2. The zero-order valence-electron chi connectivity index (χ0n) is 18.6. The summed E-state index contributed by atoms with van der Waals surface area (Å²) in [5.41, 5.74) is 2.21. The van der Waals surface area contributed by atoms with Crippen molar-refractivity contribution in [3.63, 3.8) is 0 Å². The van der Waals surface area contributed by atoms with Crippen molar-refractivity contribution in [2.45, 2.75) is 26.2 Å². The van der Waals surface area contributed by atoms with Crippen LogP contribution in [0.4, 0.5) is 10.6 Å². The van der Waals surface area contributed by atoms with E-state index in [2.05, 4.69) is 25.7 Å². The van der Waals surface area contributed by atoms with Crippen molar-refractivity contribution >= 4 is 17.8 Å². The molecule has 0 aromatic carbocycles. The van der Waals surface area contributed by atoms with Crippen LogP contribution in [0, 0.1) is 12.8 Å². The van der Waals surface area contributed by atoms with Crippen molar-refractivity contribution in [3.8, 4) is 22.8 Å². The smallest absolute Gasteiger partial charge is 0.327 e. The van der Waals surface area contributed by atoms with E-state index in [4.69, 9.17) is 9.47 Å². The number of nitrogens with zero attached hydrogens (tertiary/aromatic N) is 4. The van der Waals surface area contributed by atoms with Gasteiger partial charge in [-0.3, -0.25) is 25.1 Å². The van der Waals surface area contributed by atoms with Crippen molar-refractivity contribution in [3.05, 3.63) is 48.5 Å². The fourth-order valence-corrected chi connectivity index (χ4v) is 3.58. The highest BCUT2D eigenvalue weighted by Gasteiger charge is 2.19. The molecule has 3 aromatic heterocycles. The molecule has 1 aliphatic rings. The molecular weight excluding hydrogens is 424 g/mol. The lowest BCUT2D eigenvalue weighted by molar-refractivity contribution is -0.121. The zero-order chi connectivity index (χ0) is 23.2. The van der Waals surface area contributed by atoms with Gasteiger partial charge in [0, 0.05) is 50.7 Å². The third-order valence-electron chi connectivity index (χ3n) is 5.31. The Labute approximate surface area is 191 Å². The number of carbonyl (C=O) groups excluding carboxylic acids is 2. The fraction of sp³-hybridized carbons (Fsp3) is 0.348. The van der Waals surface area contributed by atoms with E-state index in [1.807, 2.05) is 19.3 Å². The van der Waals surface area contributed by atoms with Gasteiger partial charge in [0.25, 0.3) is 0 Å². The molecule has 10 heteroatoms. The predicted octanol–water partition coefficient (Wildman–Crippen LogP) is 3.44. The standard InChI is InChI=1S/C23H26N6O4/c1-15-20(33-18-5-8-24-19(12-18)17-13-25-29(2)14-17)3-4-21(26-15)27-23(31)28-22(30)11-16-6-9-32-10-7-16/h3-5,8,12-14,16H,6-7,9-11H2,1-2H3,(H2,26,27,28,30,31). The second-order valence-electron chi connectivity index (χ2n) is 7.92. The van der Waals surface area contributed by atoms with Gasteiger partial charge in [-0.25, -0.2) is 9.78 Å². The van der Waals surface area contributed by atoms with E-state index >= 15 is 0 Å². The second-order valence-corrected chi connectivity index (χ2v) is 7.92. The third kappa shape index (κ3) is 6.13. The Kier molecular flexibility index (Phi) is 6.94. The first-order valence-corrected chi connectivity index (χ1v) is 10.8. The van der Waals surface area contributed by atoms with Gasteiger partial charge in [-0.05, 0) is 43.9 Å². The average Bonchev–Trinajstić information content (AvgIpc) is 3.23. The fourth-order valence-electron chi connectivity index (χ4n) is 3.58. The molecule has 1 aliphatic heterocycles. The van der Waals surface area contributed by atoms with Crippen molar-refractivity contribution < 1.29 is 19.1 Å². The van der Waals surface area contributed by atoms with E-state index < -0.39 is 6.03 Å². The van der Waals surface area contributed by atoms with E-state index in [9.17, 15) is 9.59 Å². The highest BCUT2D eigenvalue weighted by atomic mass is 16.5. The minimum absolute atomic E-state index is 0.246. The number of pyridine rings is 2. The molecule has 1 saturated heterocycles. The van der Waals surface area contributed by atoms with E-state index in [-0.39, 0.29) is 11.8 Å². The molecule has 4 heterocycles. The van der Waals surface area contributed by atoms with Gasteiger partial charge >= 0.3 is 6.03 Å². The predicted molar refractivity (Wildman–Crippen MR) is 121 cm³/mol. The van der Waals surface area contributed by atoms with E-state index in [1.54, 1.807) is 42.2 Å². The quantitative estimate of drug-likeness (QED) is 0.590. The normalized spacial score (nSPS) is 14.0. The molecule has 4 rings (SSSR count). The van der Waals surface area contributed by atoms with Crippen LogP contribution in [0.3, 0.4) is 0 Å². The summed E-state index contributed by atoms with van der Waals surface area (Å²) in [5.74, 6) is 1.40. The summed E-state index contributed by atoms with van der Waals surface area (Å²) in [6.45, 7) is 3.09. The highest BCUT2D eigenvalue weighted by molar-refractivity contribution is 6.00. The Morgan fingerprint density at radius 1 is 1.24 bits per heavy atom. The topological polar surface area (TPSA) is 120 Å². The van der Waals surface area contributed by atoms with Crippen LogP contribution in [0.15, 0.2) is 42.9 Å². The number of nitrogens with one attached hydrogen (secondary N) is 2. The molecule has 0 atom stereocenters. The molecule has 0 spiro atoms. The SMILES string of the molecule is Cc1nc(NC(=O)NC(=O)CC2CCOCC2)ccc1Oc1ccnc(-c2cnn(C)c2)c1. The summed E-state index contributed by atoms with van der Waals surface area (Å²) in [6.07, 6.45) is 7.25. The van der Waals surface area contributed by atoms with E-state index in [1.165, 1.54) is 0 Å². The maximum Gasteiger partial charge on any atom is 0.327 e. The van der Waals surface area contributed by atoms with E-state index in [0.29, 0.717) is 42.6 Å². The minimum atomic E-state index is -0.608. The number of aromatic nitrogens is 4. The Balaban J connectivity index is 1.34. The Bertz CT molecular complexity index is 1140. The highest BCUT2D eigenvalue weighted by Crippen LogP contribution is 2.28. The van der Waals surface area contributed by atoms with Crippen LogP contribution in [-0.2, 0) is 16.6 Å². The summed E-state index contributed by atoms with van der Waals surface area (Å²) in [4.78, 5) is 33.0. The first kappa shape index (κ1) is 22.4. The molecule has 0 bridgehead atoms. The molecule has 2 N–H and O–H groups in total. The molecule has 1 fully saturated rings. The van der Waals surface area contributed by atoms with Crippen LogP contribution in [0.5, 0.6) is 11.5 Å². The number of urea groups is 1. The van der Waals surface area contributed by atoms with Crippen LogP contribution in [-0.4, -0.2) is 44.9 Å². The van der Waals surface area contributed by atoms with Gasteiger partial charge in [0.15, 0.2) is 0 Å². The molecule has 3 amide bonds. The molecule has 0 radical (unpaired) electrons. The monoisotopic (exact) mass is 450 g/mol. The van der Waals surface area contributed by atoms with Crippen molar-refractivity contribution in [1.29, 1.82) is 0 Å². The second kappa shape index (κ2) is 10.2. The van der Waals surface area contributed by atoms with Gasteiger partial charge in [0.2, 0.25) is 5.91 Å². The Morgan fingerprint density at radius 2 is 2.06 bits per heavy atom.